The highest BCUT2D eigenvalue weighted by molar-refractivity contribution is 7.14. The van der Waals surface area contributed by atoms with Gasteiger partial charge in [0.15, 0.2) is 10.9 Å². The van der Waals surface area contributed by atoms with Crippen LogP contribution in [-0.4, -0.2) is 28.2 Å². The monoisotopic (exact) mass is 513 g/mol. The molecule has 0 aliphatic carbocycles. The van der Waals surface area contributed by atoms with Crippen molar-refractivity contribution in [1.29, 1.82) is 0 Å². The maximum absolute atomic E-state index is 13.4. The molecule has 0 fully saturated rings. The molecular formula is C28H23N3O3S2. The molecule has 3 aromatic heterocycles. The lowest BCUT2D eigenvalue weighted by Crippen LogP contribution is -2.32. The molecule has 5 aromatic rings. The SMILES string of the molecule is O=C(CCCN(C(=O)c1cccs1)c1nc(-c2cc3ccccc3o2)cs1)N1Cc2ccccc2C1. The van der Waals surface area contributed by atoms with E-state index in [1.54, 1.807) is 4.90 Å². The van der Waals surface area contributed by atoms with Crippen LogP contribution in [0.5, 0.6) is 0 Å². The fourth-order valence-corrected chi connectivity index (χ4v) is 5.99. The number of hydrogen-bond acceptors (Lipinski definition) is 6. The van der Waals surface area contributed by atoms with E-state index in [1.165, 1.54) is 33.8 Å². The van der Waals surface area contributed by atoms with E-state index in [2.05, 4.69) is 12.1 Å². The summed E-state index contributed by atoms with van der Waals surface area (Å²) >= 11 is 2.81. The van der Waals surface area contributed by atoms with Gasteiger partial charge in [0, 0.05) is 36.8 Å². The van der Waals surface area contributed by atoms with Crippen molar-refractivity contribution in [3.63, 3.8) is 0 Å². The van der Waals surface area contributed by atoms with E-state index in [9.17, 15) is 9.59 Å². The van der Waals surface area contributed by atoms with Gasteiger partial charge in [-0.15, -0.1) is 22.7 Å². The van der Waals surface area contributed by atoms with Gasteiger partial charge in [0.1, 0.15) is 11.3 Å². The average molecular weight is 514 g/mol. The smallest absolute Gasteiger partial charge is 0.270 e. The van der Waals surface area contributed by atoms with Crippen LogP contribution in [0.2, 0.25) is 0 Å². The summed E-state index contributed by atoms with van der Waals surface area (Å²) in [5.41, 5.74) is 3.92. The molecule has 0 saturated heterocycles. The Balaban J connectivity index is 1.17. The van der Waals surface area contributed by atoms with Crippen molar-refractivity contribution in [2.24, 2.45) is 0 Å². The predicted octanol–water partition coefficient (Wildman–Crippen LogP) is 6.59. The number of amides is 2. The minimum atomic E-state index is -0.100. The van der Waals surface area contributed by atoms with Crippen molar-refractivity contribution in [2.75, 3.05) is 11.4 Å². The molecule has 4 heterocycles. The lowest BCUT2D eigenvalue weighted by Gasteiger charge is -2.20. The zero-order valence-corrected chi connectivity index (χ0v) is 21.1. The summed E-state index contributed by atoms with van der Waals surface area (Å²) in [5.74, 6) is 0.680. The first kappa shape index (κ1) is 22.7. The van der Waals surface area contributed by atoms with Gasteiger partial charge in [0.2, 0.25) is 5.91 Å². The number of rotatable bonds is 7. The molecule has 8 heteroatoms. The standard InChI is InChI=1S/C28H23N3O3S2/c32-26(30-16-20-8-1-2-9-21(20)17-30)12-5-13-31(27(33)25-11-6-14-35-25)28-29-22(18-36-28)24-15-19-7-3-4-10-23(19)34-24/h1-4,6-11,14-15,18H,5,12-13,16-17H2. The van der Waals surface area contributed by atoms with Gasteiger partial charge in [-0.25, -0.2) is 4.98 Å². The molecule has 1 aliphatic heterocycles. The first-order chi connectivity index (χ1) is 17.7. The van der Waals surface area contributed by atoms with E-state index in [0.29, 0.717) is 53.9 Å². The highest BCUT2D eigenvalue weighted by atomic mass is 32.1. The largest absolute Gasteiger partial charge is 0.454 e. The van der Waals surface area contributed by atoms with E-state index in [4.69, 9.17) is 9.40 Å². The van der Waals surface area contributed by atoms with E-state index >= 15 is 0 Å². The molecule has 2 amide bonds. The summed E-state index contributed by atoms with van der Waals surface area (Å²) < 4.78 is 5.97. The molecule has 6 rings (SSSR count). The fraction of sp³-hybridized carbons (Fsp3) is 0.179. The quantitative estimate of drug-likeness (QED) is 0.246. The molecule has 6 nitrogen and oxygen atoms in total. The number of para-hydroxylation sites is 1. The third-order valence-electron chi connectivity index (χ3n) is 6.34. The molecule has 0 saturated carbocycles. The molecule has 0 bridgehead atoms. The van der Waals surface area contributed by atoms with Crippen LogP contribution in [0.3, 0.4) is 0 Å². The summed E-state index contributed by atoms with van der Waals surface area (Å²) in [7, 11) is 0. The molecule has 1 aliphatic rings. The first-order valence-electron chi connectivity index (χ1n) is 11.8. The number of carbonyl (C=O) groups excluding carboxylic acids is 2. The summed E-state index contributed by atoms with van der Waals surface area (Å²) in [6.45, 7) is 1.72. The molecule has 0 atom stereocenters. The van der Waals surface area contributed by atoms with Gasteiger partial charge in [-0.3, -0.25) is 14.5 Å². The Morgan fingerprint density at radius 3 is 2.50 bits per heavy atom. The second-order valence-corrected chi connectivity index (χ2v) is 10.5. The number of hydrogen-bond donors (Lipinski definition) is 0. The highest BCUT2D eigenvalue weighted by Gasteiger charge is 2.25. The highest BCUT2D eigenvalue weighted by Crippen LogP contribution is 2.33. The lowest BCUT2D eigenvalue weighted by atomic mass is 10.1. The number of carbonyl (C=O) groups is 2. The Morgan fingerprint density at radius 1 is 0.972 bits per heavy atom. The fourth-order valence-electron chi connectivity index (χ4n) is 4.48. The Morgan fingerprint density at radius 2 is 1.75 bits per heavy atom. The van der Waals surface area contributed by atoms with Gasteiger partial charge in [-0.05, 0) is 41.1 Å². The number of nitrogens with zero attached hydrogens (tertiary/aromatic N) is 3. The minimum absolute atomic E-state index is 0.100. The lowest BCUT2D eigenvalue weighted by molar-refractivity contribution is -0.131. The molecule has 0 N–H and O–H groups in total. The van der Waals surface area contributed by atoms with Gasteiger partial charge in [0.25, 0.3) is 5.91 Å². The van der Waals surface area contributed by atoms with E-state index < -0.39 is 0 Å². The van der Waals surface area contributed by atoms with Crippen LogP contribution >= 0.6 is 22.7 Å². The Bertz CT molecular complexity index is 1480. The van der Waals surface area contributed by atoms with E-state index in [1.807, 2.05) is 70.3 Å². The van der Waals surface area contributed by atoms with Gasteiger partial charge in [-0.1, -0.05) is 48.5 Å². The molecule has 2 aromatic carbocycles. The molecule has 0 radical (unpaired) electrons. The van der Waals surface area contributed by atoms with Crippen molar-refractivity contribution >= 4 is 50.6 Å². The van der Waals surface area contributed by atoms with Crippen LogP contribution in [0.15, 0.2) is 81.9 Å². The van der Waals surface area contributed by atoms with Crippen LogP contribution in [0.4, 0.5) is 5.13 Å². The van der Waals surface area contributed by atoms with Crippen molar-refractivity contribution in [3.05, 3.63) is 93.5 Å². The number of benzene rings is 2. The van der Waals surface area contributed by atoms with Crippen molar-refractivity contribution in [2.45, 2.75) is 25.9 Å². The summed E-state index contributed by atoms with van der Waals surface area (Å²) in [4.78, 5) is 35.2. The molecule has 36 heavy (non-hydrogen) atoms. The Labute approximate surface area is 216 Å². The summed E-state index contributed by atoms with van der Waals surface area (Å²) in [6, 6.07) is 21.6. The second kappa shape index (κ2) is 9.72. The number of fused-ring (bicyclic) bond motifs is 2. The molecule has 180 valence electrons. The Hall–Kier alpha value is -3.75. The maximum Gasteiger partial charge on any atom is 0.270 e. The first-order valence-corrected chi connectivity index (χ1v) is 13.6. The van der Waals surface area contributed by atoms with Gasteiger partial charge in [-0.2, -0.15) is 0 Å². The van der Waals surface area contributed by atoms with Crippen LogP contribution in [0.1, 0.15) is 33.6 Å². The number of furan rings is 1. The number of anilines is 1. The Kier molecular flexibility index (Phi) is 6.13. The summed E-state index contributed by atoms with van der Waals surface area (Å²) in [6.07, 6.45) is 0.937. The predicted molar refractivity (Wildman–Crippen MR) is 143 cm³/mol. The van der Waals surface area contributed by atoms with Crippen molar-refractivity contribution in [1.82, 2.24) is 9.88 Å². The molecule has 0 spiro atoms. The maximum atomic E-state index is 13.4. The zero-order valence-electron chi connectivity index (χ0n) is 19.4. The van der Waals surface area contributed by atoms with E-state index in [-0.39, 0.29) is 11.8 Å². The van der Waals surface area contributed by atoms with Crippen LogP contribution in [0.25, 0.3) is 22.4 Å². The van der Waals surface area contributed by atoms with Crippen LogP contribution in [-0.2, 0) is 17.9 Å². The summed E-state index contributed by atoms with van der Waals surface area (Å²) in [5, 5.41) is 5.41. The van der Waals surface area contributed by atoms with Gasteiger partial charge >= 0.3 is 0 Å². The number of thiazole rings is 1. The minimum Gasteiger partial charge on any atom is -0.454 e. The third kappa shape index (κ3) is 4.45. The van der Waals surface area contributed by atoms with Gasteiger partial charge < -0.3 is 9.32 Å². The van der Waals surface area contributed by atoms with Gasteiger partial charge in [0.05, 0.1) is 4.88 Å². The van der Waals surface area contributed by atoms with Crippen molar-refractivity contribution < 1.29 is 14.0 Å². The molecule has 0 unspecified atom stereocenters. The topological polar surface area (TPSA) is 66.7 Å². The average Bonchev–Trinajstić information content (AvgIpc) is 3.71. The normalized spacial score (nSPS) is 12.7. The second-order valence-electron chi connectivity index (χ2n) is 8.72. The molecular weight excluding hydrogens is 490 g/mol. The zero-order chi connectivity index (χ0) is 24.5. The van der Waals surface area contributed by atoms with Crippen molar-refractivity contribution in [3.8, 4) is 11.5 Å². The number of thiophene rings is 1. The van der Waals surface area contributed by atoms with Crippen LogP contribution in [0, 0.1) is 0 Å². The van der Waals surface area contributed by atoms with E-state index in [0.717, 1.165) is 11.0 Å². The van der Waals surface area contributed by atoms with Crippen LogP contribution < -0.4 is 4.90 Å². The third-order valence-corrected chi connectivity index (χ3v) is 8.07. The number of aromatic nitrogens is 1.